The smallest absolute Gasteiger partial charge is 0.258 e. The van der Waals surface area contributed by atoms with Crippen molar-refractivity contribution in [2.24, 2.45) is 0 Å². The summed E-state index contributed by atoms with van der Waals surface area (Å²) in [4.78, 5) is 12.1. The lowest BCUT2D eigenvalue weighted by Gasteiger charge is -2.17. The standard InChI is InChI=1S/C19H24N2O5S/c1-14(15-5-9-17(25-3)10-6-15)20-19(22)13-26-18-11-7-16(8-12-18)21(2)27(4,23)24/h5-12,14H,13H2,1-4H3,(H,20,22)/t14-/m1/s1. The molecule has 146 valence electrons. The summed E-state index contributed by atoms with van der Waals surface area (Å²) in [5, 5.41) is 2.86. The molecule has 0 unspecified atom stereocenters. The highest BCUT2D eigenvalue weighted by Gasteiger charge is 2.13. The number of hydrogen-bond acceptors (Lipinski definition) is 5. The van der Waals surface area contributed by atoms with Gasteiger partial charge in [-0.05, 0) is 48.9 Å². The molecular formula is C19H24N2O5S. The molecule has 2 aromatic carbocycles. The number of anilines is 1. The van der Waals surface area contributed by atoms with Gasteiger partial charge in [-0.2, -0.15) is 0 Å². The van der Waals surface area contributed by atoms with Gasteiger partial charge in [0.15, 0.2) is 6.61 Å². The van der Waals surface area contributed by atoms with Crippen molar-refractivity contribution in [3.05, 3.63) is 54.1 Å². The third kappa shape index (κ3) is 5.89. The first-order valence-electron chi connectivity index (χ1n) is 8.31. The van der Waals surface area contributed by atoms with Crippen LogP contribution in [0.4, 0.5) is 5.69 Å². The summed E-state index contributed by atoms with van der Waals surface area (Å²) in [6.07, 6.45) is 1.13. The Balaban J connectivity index is 1.87. The molecule has 2 aromatic rings. The SMILES string of the molecule is COc1ccc([C@@H](C)NC(=O)COc2ccc(N(C)S(C)(=O)=O)cc2)cc1. The fraction of sp³-hybridized carbons (Fsp3) is 0.316. The van der Waals surface area contributed by atoms with Crippen molar-refractivity contribution in [2.45, 2.75) is 13.0 Å². The van der Waals surface area contributed by atoms with Gasteiger partial charge in [0.25, 0.3) is 5.91 Å². The first kappa shape index (κ1) is 20.6. The number of ether oxygens (including phenoxy) is 2. The van der Waals surface area contributed by atoms with Gasteiger partial charge >= 0.3 is 0 Å². The molecule has 0 bridgehead atoms. The van der Waals surface area contributed by atoms with E-state index in [0.717, 1.165) is 17.6 Å². The number of nitrogens with one attached hydrogen (secondary N) is 1. The summed E-state index contributed by atoms with van der Waals surface area (Å²) < 4.78 is 34.8. The van der Waals surface area contributed by atoms with E-state index in [9.17, 15) is 13.2 Å². The van der Waals surface area contributed by atoms with Crippen LogP contribution in [0.3, 0.4) is 0 Å². The topological polar surface area (TPSA) is 84.9 Å². The van der Waals surface area contributed by atoms with Gasteiger partial charge in [-0.15, -0.1) is 0 Å². The zero-order chi connectivity index (χ0) is 20.0. The van der Waals surface area contributed by atoms with Crippen molar-refractivity contribution in [1.82, 2.24) is 5.32 Å². The summed E-state index contributed by atoms with van der Waals surface area (Å²) >= 11 is 0. The average Bonchev–Trinajstić information content (AvgIpc) is 2.65. The van der Waals surface area contributed by atoms with E-state index in [1.54, 1.807) is 31.4 Å². The maximum atomic E-state index is 12.1. The number of carbonyl (C=O) groups is 1. The van der Waals surface area contributed by atoms with E-state index in [2.05, 4.69) is 5.32 Å². The Labute approximate surface area is 160 Å². The van der Waals surface area contributed by atoms with Gasteiger partial charge in [0.1, 0.15) is 11.5 Å². The van der Waals surface area contributed by atoms with Crippen LogP contribution in [0.2, 0.25) is 0 Å². The molecule has 1 amide bonds. The van der Waals surface area contributed by atoms with Gasteiger partial charge in [0.2, 0.25) is 10.0 Å². The van der Waals surface area contributed by atoms with Crippen molar-refractivity contribution in [2.75, 3.05) is 31.3 Å². The van der Waals surface area contributed by atoms with E-state index >= 15 is 0 Å². The lowest BCUT2D eigenvalue weighted by atomic mass is 10.1. The number of rotatable bonds is 8. The van der Waals surface area contributed by atoms with Crippen LogP contribution in [0, 0.1) is 0 Å². The molecule has 0 spiro atoms. The van der Waals surface area contributed by atoms with E-state index in [4.69, 9.17) is 9.47 Å². The van der Waals surface area contributed by atoms with Crippen molar-refractivity contribution in [1.29, 1.82) is 0 Å². The number of benzene rings is 2. The molecule has 0 radical (unpaired) electrons. The van der Waals surface area contributed by atoms with E-state index in [1.807, 2.05) is 31.2 Å². The van der Waals surface area contributed by atoms with Crippen molar-refractivity contribution in [3.8, 4) is 11.5 Å². The fourth-order valence-corrected chi connectivity index (χ4v) is 2.86. The summed E-state index contributed by atoms with van der Waals surface area (Å²) in [6.45, 7) is 1.75. The molecule has 27 heavy (non-hydrogen) atoms. The Hall–Kier alpha value is -2.74. The van der Waals surface area contributed by atoms with Crippen LogP contribution in [0.5, 0.6) is 11.5 Å². The molecule has 0 saturated heterocycles. The highest BCUT2D eigenvalue weighted by molar-refractivity contribution is 7.92. The van der Waals surface area contributed by atoms with Crippen LogP contribution >= 0.6 is 0 Å². The Morgan fingerprint density at radius 3 is 2.15 bits per heavy atom. The van der Waals surface area contributed by atoms with Gasteiger partial charge < -0.3 is 14.8 Å². The first-order valence-corrected chi connectivity index (χ1v) is 10.2. The van der Waals surface area contributed by atoms with E-state index in [1.165, 1.54) is 11.4 Å². The molecule has 0 aromatic heterocycles. The minimum absolute atomic E-state index is 0.137. The first-order chi connectivity index (χ1) is 12.7. The van der Waals surface area contributed by atoms with Gasteiger partial charge in [0, 0.05) is 7.05 Å². The predicted octanol–water partition coefficient (Wildman–Crippen LogP) is 2.35. The molecule has 7 nitrogen and oxygen atoms in total. The maximum Gasteiger partial charge on any atom is 0.258 e. The summed E-state index contributed by atoms with van der Waals surface area (Å²) in [7, 11) is -0.246. The predicted molar refractivity (Wildman–Crippen MR) is 105 cm³/mol. The number of sulfonamides is 1. The van der Waals surface area contributed by atoms with Crippen LogP contribution < -0.4 is 19.1 Å². The van der Waals surface area contributed by atoms with Crippen LogP contribution in [-0.4, -0.2) is 41.3 Å². The summed E-state index contributed by atoms with van der Waals surface area (Å²) in [6, 6.07) is 13.8. The van der Waals surface area contributed by atoms with E-state index in [-0.39, 0.29) is 18.6 Å². The molecule has 0 fully saturated rings. The normalized spacial score (nSPS) is 12.1. The number of methoxy groups -OCH3 is 1. The molecule has 8 heteroatoms. The maximum absolute atomic E-state index is 12.1. The van der Waals surface area contributed by atoms with Gasteiger partial charge in [-0.25, -0.2) is 8.42 Å². The zero-order valence-electron chi connectivity index (χ0n) is 15.8. The van der Waals surface area contributed by atoms with E-state index < -0.39 is 10.0 Å². The average molecular weight is 392 g/mol. The van der Waals surface area contributed by atoms with Crippen molar-refractivity contribution >= 4 is 21.6 Å². The minimum atomic E-state index is -3.32. The molecule has 0 aliphatic rings. The fourth-order valence-electron chi connectivity index (χ4n) is 2.35. The van der Waals surface area contributed by atoms with Crippen LogP contribution in [0.25, 0.3) is 0 Å². The second kappa shape index (κ2) is 8.77. The summed E-state index contributed by atoms with van der Waals surface area (Å²) in [5.74, 6) is 0.981. The second-order valence-corrected chi connectivity index (χ2v) is 8.09. The molecule has 0 heterocycles. The second-order valence-electron chi connectivity index (χ2n) is 6.08. The molecular weight excluding hydrogens is 368 g/mol. The molecule has 1 atom stereocenters. The Morgan fingerprint density at radius 1 is 1.07 bits per heavy atom. The molecule has 1 N–H and O–H groups in total. The number of carbonyl (C=O) groups excluding carboxylic acids is 1. The van der Waals surface area contributed by atoms with Crippen molar-refractivity contribution in [3.63, 3.8) is 0 Å². The third-order valence-electron chi connectivity index (χ3n) is 4.06. The van der Waals surface area contributed by atoms with Crippen LogP contribution in [0.1, 0.15) is 18.5 Å². The monoisotopic (exact) mass is 392 g/mol. The lowest BCUT2D eigenvalue weighted by Crippen LogP contribution is -2.31. The molecule has 0 aliphatic heterocycles. The lowest BCUT2D eigenvalue weighted by molar-refractivity contribution is -0.123. The Bertz CT molecular complexity index is 864. The van der Waals surface area contributed by atoms with Gasteiger partial charge in [0.05, 0.1) is 25.1 Å². The highest BCUT2D eigenvalue weighted by atomic mass is 32.2. The van der Waals surface area contributed by atoms with Gasteiger partial charge in [-0.3, -0.25) is 9.10 Å². The molecule has 0 aliphatic carbocycles. The van der Waals surface area contributed by atoms with Crippen LogP contribution in [0.15, 0.2) is 48.5 Å². The Kier molecular flexibility index (Phi) is 6.68. The number of amides is 1. The molecule has 0 saturated carbocycles. The largest absolute Gasteiger partial charge is 0.497 e. The van der Waals surface area contributed by atoms with Crippen molar-refractivity contribution < 1.29 is 22.7 Å². The Morgan fingerprint density at radius 2 is 1.63 bits per heavy atom. The third-order valence-corrected chi connectivity index (χ3v) is 5.27. The molecule has 2 rings (SSSR count). The van der Waals surface area contributed by atoms with Gasteiger partial charge in [-0.1, -0.05) is 12.1 Å². The number of nitrogens with zero attached hydrogens (tertiary/aromatic N) is 1. The van der Waals surface area contributed by atoms with Crippen LogP contribution in [-0.2, 0) is 14.8 Å². The summed E-state index contributed by atoms with van der Waals surface area (Å²) in [5.41, 5.74) is 1.47. The minimum Gasteiger partial charge on any atom is -0.497 e. The zero-order valence-corrected chi connectivity index (χ0v) is 16.6. The number of hydrogen-bond donors (Lipinski definition) is 1. The highest BCUT2D eigenvalue weighted by Crippen LogP contribution is 2.20. The van der Waals surface area contributed by atoms with E-state index in [0.29, 0.717) is 11.4 Å². The quantitative estimate of drug-likeness (QED) is 0.745.